The van der Waals surface area contributed by atoms with Gasteiger partial charge in [0.1, 0.15) is 0 Å². The van der Waals surface area contributed by atoms with Gasteiger partial charge in [-0.15, -0.1) is 0 Å². The molecule has 0 bridgehead atoms. The maximum absolute atomic E-state index is 5.67. The molecule has 0 aromatic heterocycles. The third kappa shape index (κ3) is 1.01. The minimum absolute atomic E-state index is 0.426. The minimum Gasteiger partial charge on any atom is -0.326 e. The third-order valence-electron chi connectivity index (χ3n) is 1.92. The van der Waals surface area contributed by atoms with Crippen LogP contribution >= 0.6 is 0 Å². The Morgan fingerprint density at radius 3 is 2.38 bits per heavy atom. The summed E-state index contributed by atoms with van der Waals surface area (Å²) in [6, 6.07) is 1.12. The molecule has 1 aliphatic heterocycles. The van der Waals surface area contributed by atoms with E-state index in [0.717, 1.165) is 13.0 Å². The lowest BCUT2D eigenvalue weighted by atomic mass is 10.2. The molecule has 0 amide bonds. The zero-order chi connectivity index (χ0) is 6.15. The number of nitrogens with two attached hydrogens (primary N) is 1. The van der Waals surface area contributed by atoms with Gasteiger partial charge < -0.3 is 10.6 Å². The van der Waals surface area contributed by atoms with Crippen molar-refractivity contribution >= 4 is 0 Å². The molecule has 1 aliphatic rings. The van der Waals surface area contributed by atoms with Gasteiger partial charge >= 0.3 is 0 Å². The van der Waals surface area contributed by atoms with Gasteiger partial charge in [0, 0.05) is 18.6 Å². The van der Waals surface area contributed by atoms with E-state index in [0.29, 0.717) is 12.1 Å². The van der Waals surface area contributed by atoms with Gasteiger partial charge in [-0.1, -0.05) is 0 Å². The molecule has 2 nitrogen and oxygen atoms in total. The van der Waals surface area contributed by atoms with Crippen LogP contribution in [0.15, 0.2) is 0 Å². The molecule has 1 heterocycles. The second-order valence-corrected chi connectivity index (χ2v) is 2.78. The Morgan fingerprint density at radius 2 is 2.25 bits per heavy atom. The van der Waals surface area contributed by atoms with E-state index in [4.69, 9.17) is 5.73 Å². The van der Waals surface area contributed by atoms with Crippen molar-refractivity contribution in [3.63, 3.8) is 0 Å². The van der Waals surface area contributed by atoms with E-state index in [1.165, 1.54) is 0 Å². The van der Waals surface area contributed by atoms with Crippen LogP contribution in [0.4, 0.5) is 0 Å². The zero-order valence-corrected chi connectivity index (χ0v) is 5.59. The van der Waals surface area contributed by atoms with Crippen molar-refractivity contribution in [1.82, 2.24) is 4.90 Å². The molecular weight excluding hydrogens is 100 g/mol. The Kier molecular flexibility index (Phi) is 1.54. The lowest BCUT2D eigenvalue weighted by Crippen LogP contribution is -2.24. The summed E-state index contributed by atoms with van der Waals surface area (Å²) < 4.78 is 0. The Labute approximate surface area is 50.7 Å². The van der Waals surface area contributed by atoms with Crippen molar-refractivity contribution < 1.29 is 0 Å². The summed E-state index contributed by atoms with van der Waals surface area (Å²) in [5, 5.41) is 0. The van der Waals surface area contributed by atoms with Crippen molar-refractivity contribution in [2.45, 2.75) is 25.4 Å². The maximum atomic E-state index is 5.67. The van der Waals surface area contributed by atoms with Crippen LogP contribution in [-0.2, 0) is 0 Å². The predicted octanol–water partition coefficient (Wildman–Crippen LogP) is 0.0377. The molecule has 0 unspecified atom stereocenters. The van der Waals surface area contributed by atoms with E-state index in [1.807, 2.05) is 0 Å². The SMILES string of the molecule is C[C@@H]1C[C@H](N)CN1C. The smallest absolute Gasteiger partial charge is 0.0182 e. The Hall–Kier alpha value is -0.0800. The number of hydrogen-bond donors (Lipinski definition) is 1. The van der Waals surface area contributed by atoms with E-state index >= 15 is 0 Å². The van der Waals surface area contributed by atoms with Crippen LogP contribution in [-0.4, -0.2) is 30.6 Å². The lowest BCUT2D eigenvalue weighted by molar-refractivity contribution is 0.329. The molecule has 0 radical (unpaired) electrons. The van der Waals surface area contributed by atoms with Crippen LogP contribution in [0.3, 0.4) is 0 Å². The summed E-state index contributed by atoms with van der Waals surface area (Å²) in [7, 11) is 2.12. The zero-order valence-electron chi connectivity index (χ0n) is 5.59. The molecular formula is C6H14N2. The van der Waals surface area contributed by atoms with Crippen LogP contribution in [0.5, 0.6) is 0 Å². The monoisotopic (exact) mass is 114 g/mol. The highest BCUT2D eigenvalue weighted by Gasteiger charge is 2.22. The van der Waals surface area contributed by atoms with E-state index < -0.39 is 0 Å². The number of rotatable bonds is 0. The van der Waals surface area contributed by atoms with Gasteiger partial charge in [-0.25, -0.2) is 0 Å². The van der Waals surface area contributed by atoms with Gasteiger partial charge in [-0.3, -0.25) is 0 Å². The quantitative estimate of drug-likeness (QED) is 0.481. The molecule has 2 N–H and O–H groups in total. The first-order valence-corrected chi connectivity index (χ1v) is 3.16. The van der Waals surface area contributed by atoms with Crippen LogP contribution in [0.1, 0.15) is 13.3 Å². The van der Waals surface area contributed by atoms with Crippen LogP contribution in [0.25, 0.3) is 0 Å². The predicted molar refractivity (Wildman–Crippen MR) is 34.7 cm³/mol. The van der Waals surface area contributed by atoms with Gasteiger partial charge in [0.2, 0.25) is 0 Å². The van der Waals surface area contributed by atoms with Gasteiger partial charge in [-0.05, 0) is 20.4 Å². The van der Waals surface area contributed by atoms with Crippen molar-refractivity contribution in [3.8, 4) is 0 Å². The van der Waals surface area contributed by atoms with Crippen LogP contribution < -0.4 is 5.73 Å². The summed E-state index contributed by atoms with van der Waals surface area (Å²) in [5.41, 5.74) is 5.67. The fourth-order valence-corrected chi connectivity index (χ4v) is 1.24. The van der Waals surface area contributed by atoms with Crippen molar-refractivity contribution in [3.05, 3.63) is 0 Å². The largest absolute Gasteiger partial charge is 0.326 e. The second kappa shape index (κ2) is 2.03. The van der Waals surface area contributed by atoms with Crippen molar-refractivity contribution in [2.24, 2.45) is 5.73 Å². The highest BCUT2D eigenvalue weighted by molar-refractivity contribution is 4.81. The van der Waals surface area contributed by atoms with E-state index in [2.05, 4.69) is 18.9 Å². The normalized spacial score (nSPS) is 40.9. The highest BCUT2D eigenvalue weighted by atomic mass is 15.2. The summed E-state index contributed by atoms with van der Waals surface area (Å²) in [4.78, 5) is 2.30. The molecule has 2 atom stereocenters. The molecule has 0 saturated carbocycles. The first kappa shape index (κ1) is 6.05. The van der Waals surface area contributed by atoms with Gasteiger partial charge in [0.15, 0.2) is 0 Å². The van der Waals surface area contributed by atoms with Crippen molar-refractivity contribution in [2.75, 3.05) is 13.6 Å². The highest BCUT2D eigenvalue weighted by Crippen LogP contribution is 2.11. The number of likely N-dealkylation sites (tertiary alicyclic amines) is 1. The van der Waals surface area contributed by atoms with Gasteiger partial charge in [0.05, 0.1) is 0 Å². The Bertz CT molecular complexity index is 72.6. The fraction of sp³-hybridized carbons (Fsp3) is 1.00. The average Bonchev–Trinajstić information content (AvgIpc) is 1.85. The van der Waals surface area contributed by atoms with Crippen LogP contribution in [0.2, 0.25) is 0 Å². The molecule has 2 heteroatoms. The van der Waals surface area contributed by atoms with Crippen molar-refractivity contribution in [1.29, 1.82) is 0 Å². The molecule has 0 aromatic rings. The summed E-state index contributed by atoms with van der Waals surface area (Å²) >= 11 is 0. The molecule has 1 rings (SSSR count). The summed E-state index contributed by atoms with van der Waals surface area (Å²) in [6.45, 7) is 3.29. The topological polar surface area (TPSA) is 29.3 Å². The van der Waals surface area contributed by atoms with E-state index in [9.17, 15) is 0 Å². The summed E-state index contributed by atoms with van der Waals surface area (Å²) in [6.07, 6.45) is 1.16. The molecule has 1 fully saturated rings. The molecule has 48 valence electrons. The summed E-state index contributed by atoms with van der Waals surface area (Å²) in [5.74, 6) is 0. The molecule has 0 aromatic carbocycles. The molecule has 0 spiro atoms. The van der Waals surface area contributed by atoms with Gasteiger partial charge in [-0.2, -0.15) is 0 Å². The standard InChI is InChI=1S/C6H14N2/c1-5-3-6(7)4-8(5)2/h5-6H,3-4,7H2,1-2H3/t5-,6+/m1/s1. The Morgan fingerprint density at radius 1 is 1.62 bits per heavy atom. The van der Waals surface area contributed by atoms with Crippen LogP contribution in [0, 0.1) is 0 Å². The number of nitrogens with zero attached hydrogens (tertiary/aromatic N) is 1. The molecule has 0 aliphatic carbocycles. The lowest BCUT2D eigenvalue weighted by Gasteiger charge is -2.11. The van der Waals surface area contributed by atoms with E-state index in [-0.39, 0.29) is 0 Å². The maximum Gasteiger partial charge on any atom is 0.0182 e. The Balaban J connectivity index is 2.39. The minimum atomic E-state index is 0.426. The molecule has 1 saturated heterocycles. The fourth-order valence-electron chi connectivity index (χ4n) is 1.24. The average molecular weight is 114 g/mol. The van der Waals surface area contributed by atoms with E-state index in [1.54, 1.807) is 0 Å². The number of hydrogen-bond acceptors (Lipinski definition) is 2. The first-order valence-electron chi connectivity index (χ1n) is 3.16. The molecule has 8 heavy (non-hydrogen) atoms. The first-order chi connectivity index (χ1) is 3.70. The van der Waals surface area contributed by atoms with Gasteiger partial charge in [0.25, 0.3) is 0 Å². The second-order valence-electron chi connectivity index (χ2n) is 2.78. The third-order valence-corrected chi connectivity index (χ3v) is 1.92. The number of likely N-dealkylation sites (N-methyl/N-ethyl adjacent to an activating group) is 1.